The van der Waals surface area contributed by atoms with Crippen LogP contribution in [0.25, 0.3) is 5.82 Å². The van der Waals surface area contributed by atoms with Gasteiger partial charge in [-0.3, -0.25) is 4.79 Å². The number of carbonyl (C=O) groups is 1. The molecule has 3 aromatic rings. The van der Waals surface area contributed by atoms with Crippen LogP contribution >= 0.6 is 0 Å². The fourth-order valence-corrected chi connectivity index (χ4v) is 4.30. The van der Waals surface area contributed by atoms with E-state index in [4.69, 9.17) is 0 Å². The molecule has 1 aromatic carbocycles. The van der Waals surface area contributed by atoms with Crippen molar-refractivity contribution in [3.63, 3.8) is 0 Å². The van der Waals surface area contributed by atoms with E-state index in [0.29, 0.717) is 22.7 Å². The number of carbonyl (C=O) groups excluding carboxylic acids is 1. The van der Waals surface area contributed by atoms with Crippen LogP contribution in [-0.2, 0) is 11.8 Å². The highest BCUT2D eigenvalue weighted by Crippen LogP contribution is 2.61. The lowest BCUT2D eigenvalue weighted by Gasteiger charge is -2.12. The van der Waals surface area contributed by atoms with Crippen LogP contribution in [0.15, 0.2) is 55.2 Å². The zero-order chi connectivity index (χ0) is 17.6. The van der Waals surface area contributed by atoms with Gasteiger partial charge < -0.3 is 5.32 Å². The Morgan fingerprint density at radius 2 is 2.19 bits per heavy atom. The van der Waals surface area contributed by atoms with Crippen LogP contribution in [-0.4, -0.2) is 32.2 Å². The fourth-order valence-electron chi connectivity index (χ4n) is 4.30. The molecule has 1 saturated carbocycles. The van der Waals surface area contributed by atoms with E-state index < -0.39 is 0 Å². The van der Waals surface area contributed by atoms with E-state index in [-0.39, 0.29) is 5.91 Å². The second-order valence-corrected chi connectivity index (χ2v) is 7.17. The van der Waals surface area contributed by atoms with Crippen molar-refractivity contribution < 1.29 is 4.79 Å². The molecule has 130 valence electrons. The van der Waals surface area contributed by atoms with Gasteiger partial charge >= 0.3 is 0 Å². The molecule has 2 aliphatic carbocycles. The Bertz CT molecular complexity index is 951. The summed E-state index contributed by atoms with van der Waals surface area (Å²) in [4.78, 5) is 20.6. The summed E-state index contributed by atoms with van der Waals surface area (Å²) in [6.45, 7) is 0.720. The molecule has 1 N–H and O–H groups in total. The minimum absolute atomic E-state index is 0.0732. The average molecular weight is 345 g/mol. The third kappa shape index (κ3) is 2.41. The van der Waals surface area contributed by atoms with Crippen molar-refractivity contribution in [2.75, 3.05) is 6.54 Å². The number of rotatable bonds is 4. The van der Waals surface area contributed by atoms with Crippen molar-refractivity contribution in [1.29, 1.82) is 0 Å². The van der Waals surface area contributed by atoms with Crippen molar-refractivity contribution in [2.24, 2.45) is 5.92 Å². The summed E-state index contributed by atoms with van der Waals surface area (Å²) in [5.41, 5.74) is 3.85. The van der Waals surface area contributed by atoms with Gasteiger partial charge in [-0.05, 0) is 48.4 Å². The molecule has 1 spiro atoms. The van der Waals surface area contributed by atoms with Crippen molar-refractivity contribution >= 4 is 5.91 Å². The lowest BCUT2D eigenvalue weighted by molar-refractivity contribution is 0.0950. The monoisotopic (exact) mass is 345 g/mol. The Labute approximate surface area is 151 Å². The normalized spacial score (nSPS) is 23.0. The number of nitrogens with zero attached hydrogens (tertiary/aromatic N) is 4. The third-order valence-electron chi connectivity index (χ3n) is 5.80. The molecule has 6 heteroatoms. The maximum Gasteiger partial charge on any atom is 0.252 e. The Morgan fingerprint density at radius 3 is 3.00 bits per heavy atom. The van der Waals surface area contributed by atoms with Gasteiger partial charge in [0.1, 0.15) is 12.7 Å². The lowest BCUT2D eigenvalue weighted by atomic mass is 9.95. The molecule has 1 fully saturated rings. The largest absolute Gasteiger partial charge is 0.352 e. The number of amides is 1. The predicted octanol–water partition coefficient (Wildman–Crippen LogP) is 2.30. The van der Waals surface area contributed by atoms with Crippen molar-refractivity contribution in [3.8, 4) is 5.82 Å². The number of aromatic nitrogens is 4. The summed E-state index contributed by atoms with van der Waals surface area (Å²) >= 11 is 0. The molecule has 0 bridgehead atoms. The molecule has 2 aromatic heterocycles. The number of benzene rings is 1. The molecule has 2 heterocycles. The van der Waals surface area contributed by atoms with Crippen LogP contribution in [0.1, 0.15) is 34.3 Å². The molecule has 2 aliphatic rings. The van der Waals surface area contributed by atoms with E-state index in [2.05, 4.69) is 44.6 Å². The molecule has 26 heavy (non-hydrogen) atoms. The molecule has 0 radical (unpaired) electrons. The number of nitrogens with one attached hydrogen (secondary N) is 1. The quantitative estimate of drug-likeness (QED) is 0.787. The minimum Gasteiger partial charge on any atom is -0.352 e. The second kappa shape index (κ2) is 5.76. The van der Waals surface area contributed by atoms with Gasteiger partial charge in [-0.1, -0.05) is 24.3 Å². The first kappa shape index (κ1) is 15.3. The van der Waals surface area contributed by atoms with E-state index in [0.717, 1.165) is 13.0 Å². The standard InChI is InChI=1S/C20H19N5O/c26-19(15-5-6-18(22-10-15)25-13-21-12-24-25)23-11-16-9-20(16)8-7-14-3-1-2-4-17(14)20/h1-6,10,12-13,16H,7-9,11H2,(H,23,26). The predicted molar refractivity (Wildman–Crippen MR) is 96.0 cm³/mol. The first-order valence-corrected chi connectivity index (χ1v) is 8.94. The second-order valence-electron chi connectivity index (χ2n) is 7.17. The molecule has 0 aliphatic heterocycles. The van der Waals surface area contributed by atoms with Gasteiger partial charge in [0, 0.05) is 18.2 Å². The summed E-state index contributed by atoms with van der Waals surface area (Å²) in [7, 11) is 0. The highest BCUT2D eigenvalue weighted by molar-refractivity contribution is 5.94. The Hall–Kier alpha value is -3.02. The highest BCUT2D eigenvalue weighted by atomic mass is 16.1. The molecular weight excluding hydrogens is 326 g/mol. The van der Waals surface area contributed by atoms with E-state index in [1.807, 2.05) is 0 Å². The fraction of sp³-hybridized carbons (Fsp3) is 0.300. The van der Waals surface area contributed by atoms with E-state index in [1.54, 1.807) is 29.3 Å². The first-order chi connectivity index (χ1) is 12.8. The van der Waals surface area contributed by atoms with Crippen LogP contribution in [0.3, 0.4) is 0 Å². The topological polar surface area (TPSA) is 72.7 Å². The molecule has 2 atom stereocenters. The van der Waals surface area contributed by atoms with Gasteiger partial charge in [-0.15, -0.1) is 0 Å². The maximum atomic E-state index is 12.4. The van der Waals surface area contributed by atoms with Crippen molar-refractivity contribution in [1.82, 2.24) is 25.1 Å². The Balaban J connectivity index is 1.23. The number of hydrogen-bond donors (Lipinski definition) is 1. The molecule has 0 saturated heterocycles. The molecule has 2 unspecified atom stereocenters. The summed E-state index contributed by atoms with van der Waals surface area (Å²) in [6, 6.07) is 12.3. The van der Waals surface area contributed by atoms with Gasteiger partial charge in [0.25, 0.3) is 5.91 Å². The highest BCUT2D eigenvalue weighted by Gasteiger charge is 2.57. The van der Waals surface area contributed by atoms with E-state index >= 15 is 0 Å². The van der Waals surface area contributed by atoms with Gasteiger partial charge in [-0.2, -0.15) is 5.10 Å². The van der Waals surface area contributed by atoms with Gasteiger partial charge in [0.15, 0.2) is 5.82 Å². The SMILES string of the molecule is O=C(NCC1CC12CCc1ccccc12)c1ccc(-n2cncn2)nc1. The van der Waals surface area contributed by atoms with Crippen molar-refractivity contribution in [3.05, 3.63) is 71.9 Å². The van der Waals surface area contributed by atoms with Crippen LogP contribution < -0.4 is 5.32 Å². The summed E-state index contributed by atoms with van der Waals surface area (Å²) < 4.78 is 1.56. The van der Waals surface area contributed by atoms with Crippen LogP contribution in [0, 0.1) is 5.92 Å². The number of hydrogen-bond acceptors (Lipinski definition) is 4. The smallest absolute Gasteiger partial charge is 0.252 e. The third-order valence-corrected chi connectivity index (χ3v) is 5.80. The van der Waals surface area contributed by atoms with E-state index in [9.17, 15) is 4.79 Å². The maximum absolute atomic E-state index is 12.4. The number of fused-ring (bicyclic) bond motifs is 2. The van der Waals surface area contributed by atoms with Crippen molar-refractivity contribution in [2.45, 2.75) is 24.7 Å². The minimum atomic E-state index is -0.0732. The first-order valence-electron chi connectivity index (χ1n) is 8.94. The summed E-state index contributed by atoms with van der Waals surface area (Å²) in [6.07, 6.45) is 8.16. The zero-order valence-corrected chi connectivity index (χ0v) is 14.3. The number of aryl methyl sites for hydroxylation is 1. The summed E-state index contributed by atoms with van der Waals surface area (Å²) in [5, 5.41) is 7.11. The molecule has 6 nitrogen and oxygen atoms in total. The van der Waals surface area contributed by atoms with Gasteiger partial charge in [-0.25, -0.2) is 14.6 Å². The van der Waals surface area contributed by atoms with Gasteiger partial charge in [0.05, 0.1) is 5.56 Å². The van der Waals surface area contributed by atoms with E-state index in [1.165, 1.54) is 30.3 Å². The van der Waals surface area contributed by atoms with Crippen LogP contribution in [0.5, 0.6) is 0 Å². The molecule has 1 amide bonds. The average Bonchev–Trinajstić information content (AvgIpc) is 3.01. The van der Waals surface area contributed by atoms with Crippen LogP contribution in [0.4, 0.5) is 0 Å². The Kier molecular flexibility index (Phi) is 3.38. The zero-order valence-electron chi connectivity index (χ0n) is 14.3. The van der Waals surface area contributed by atoms with Crippen LogP contribution in [0.2, 0.25) is 0 Å². The summed E-state index contributed by atoms with van der Waals surface area (Å²) in [5.74, 6) is 1.11. The molecular formula is C20H19N5O. The lowest BCUT2D eigenvalue weighted by Crippen LogP contribution is -2.27. The van der Waals surface area contributed by atoms with Gasteiger partial charge in [0.2, 0.25) is 0 Å². The molecule has 5 rings (SSSR count). The number of pyridine rings is 1. The Morgan fingerprint density at radius 1 is 1.27 bits per heavy atom.